The Labute approximate surface area is 186 Å². The number of benzene rings is 1. The minimum absolute atomic E-state index is 0.0238. The molecule has 0 radical (unpaired) electrons. The maximum atomic E-state index is 9.58. The smallest absolute Gasteiger partial charge is 0.176 e. The summed E-state index contributed by atoms with van der Waals surface area (Å²) in [4.78, 5) is 10.3. The van der Waals surface area contributed by atoms with Gasteiger partial charge in [0.15, 0.2) is 5.88 Å². The van der Waals surface area contributed by atoms with Crippen molar-refractivity contribution in [3.63, 3.8) is 0 Å². The Bertz CT molecular complexity index is 970. The zero-order valence-corrected chi connectivity index (χ0v) is 18.6. The van der Waals surface area contributed by atoms with Gasteiger partial charge in [-0.1, -0.05) is 55.7 Å². The largest absolute Gasteiger partial charge is 0.495 e. The van der Waals surface area contributed by atoms with E-state index in [-0.39, 0.29) is 29.7 Å². The highest BCUT2D eigenvalue weighted by Crippen LogP contribution is 2.60. The Balaban J connectivity index is 2.13. The van der Waals surface area contributed by atoms with E-state index in [1.54, 1.807) is 6.08 Å². The molecule has 1 aliphatic carbocycles. The van der Waals surface area contributed by atoms with Gasteiger partial charge in [0, 0.05) is 29.7 Å². The molecule has 1 fully saturated rings. The molecule has 0 spiro atoms. The Morgan fingerprint density at radius 3 is 2.68 bits per heavy atom. The second-order valence-electron chi connectivity index (χ2n) is 8.30. The molecule has 31 heavy (non-hydrogen) atoms. The maximum absolute atomic E-state index is 9.58. The lowest BCUT2D eigenvalue weighted by atomic mass is 9.49. The molecule has 1 heterocycles. The van der Waals surface area contributed by atoms with Crippen molar-refractivity contribution in [1.29, 1.82) is 0 Å². The van der Waals surface area contributed by atoms with Crippen molar-refractivity contribution < 1.29 is 5.11 Å². The molecule has 0 saturated heterocycles. The van der Waals surface area contributed by atoms with Crippen molar-refractivity contribution in [3.8, 4) is 0 Å². The minimum atomic E-state index is -0.403. The van der Waals surface area contributed by atoms with Crippen molar-refractivity contribution in [2.75, 3.05) is 6.54 Å². The van der Waals surface area contributed by atoms with E-state index >= 15 is 0 Å². The molecule has 1 aromatic carbocycles. The van der Waals surface area contributed by atoms with Crippen molar-refractivity contribution in [2.24, 2.45) is 21.8 Å². The zero-order valence-electron chi connectivity index (χ0n) is 18.6. The van der Waals surface area contributed by atoms with Crippen LogP contribution in [0, 0.1) is 11.8 Å². The third-order valence-corrected chi connectivity index (χ3v) is 6.43. The van der Waals surface area contributed by atoms with Crippen molar-refractivity contribution in [3.05, 3.63) is 98.0 Å². The first-order chi connectivity index (χ1) is 14.9. The molecule has 4 nitrogen and oxygen atoms in total. The summed E-state index contributed by atoms with van der Waals surface area (Å²) in [5, 5.41) is 12.6. The van der Waals surface area contributed by atoms with E-state index in [9.17, 15) is 5.11 Å². The molecule has 4 heteroatoms. The van der Waals surface area contributed by atoms with E-state index < -0.39 is 5.54 Å². The summed E-state index contributed by atoms with van der Waals surface area (Å²) in [6, 6.07) is 8.51. The standard InChI is InChI=1S/C27H33N3O/c1-7-13-20(17-28-19(6)31)16-27(30-18(5)8-2)23(9-3)26-25(27)22-15-12-11-14-21(22)24(10-4)29-26/h7-15,20,23,25-26,28,31H,2-4,6,16-17H2,1,5H3/b13-7-,30-18+. The normalized spacial score (nSPS) is 27.9. The molecule has 3 rings (SSSR count). The van der Waals surface area contributed by atoms with E-state index in [0.29, 0.717) is 6.54 Å². The lowest BCUT2D eigenvalue weighted by Crippen LogP contribution is -2.64. The van der Waals surface area contributed by atoms with E-state index in [1.807, 2.05) is 38.1 Å². The van der Waals surface area contributed by atoms with Crippen molar-refractivity contribution in [2.45, 2.75) is 37.8 Å². The van der Waals surface area contributed by atoms with Crippen LogP contribution >= 0.6 is 0 Å². The molecule has 2 N–H and O–H groups in total. The first-order valence-corrected chi connectivity index (χ1v) is 10.8. The van der Waals surface area contributed by atoms with Gasteiger partial charge in [-0.2, -0.15) is 0 Å². The van der Waals surface area contributed by atoms with E-state index in [4.69, 9.17) is 9.98 Å². The zero-order chi connectivity index (χ0) is 22.6. The van der Waals surface area contributed by atoms with Crippen LogP contribution in [0.15, 0.2) is 96.8 Å². The monoisotopic (exact) mass is 415 g/mol. The van der Waals surface area contributed by atoms with Gasteiger partial charge in [0.25, 0.3) is 0 Å². The van der Waals surface area contributed by atoms with Crippen LogP contribution in [0.4, 0.5) is 0 Å². The molecule has 5 atom stereocenters. The number of allylic oxidation sites excluding steroid dienone is 3. The number of hydrogen-bond acceptors (Lipinski definition) is 4. The summed E-state index contributed by atoms with van der Waals surface area (Å²) >= 11 is 0. The first-order valence-electron chi connectivity index (χ1n) is 10.8. The number of rotatable bonds is 10. The number of hydrogen-bond donors (Lipinski definition) is 2. The van der Waals surface area contributed by atoms with Crippen LogP contribution in [0.2, 0.25) is 0 Å². The molecule has 1 saturated carbocycles. The SMILES string of the molecule is C=CC1=NC2C(C=C)C(CC(/C=C\C)CNC(=C)O)(/N=C(\C)C=C)C2c2ccccc21. The van der Waals surface area contributed by atoms with Crippen LogP contribution in [0.5, 0.6) is 0 Å². The highest BCUT2D eigenvalue weighted by Gasteiger charge is 2.63. The van der Waals surface area contributed by atoms with Gasteiger partial charge in [0.2, 0.25) is 0 Å². The van der Waals surface area contributed by atoms with Crippen LogP contribution in [0.25, 0.3) is 0 Å². The van der Waals surface area contributed by atoms with Crippen molar-refractivity contribution in [1.82, 2.24) is 5.32 Å². The molecule has 2 aliphatic rings. The number of aliphatic hydroxyl groups is 1. The average molecular weight is 416 g/mol. The molecule has 1 aliphatic heterocycles. The predicted molar refractivity (Wildman–Crippen MR) is 132 cm³/mol. The highest BCUT2D eigenvalue weighted by atomic mass is 16.3. The van der Waals surface area contributed by atoms with Gasteiger partial charge in [-0.05, 0) is 50.5 Å². The Morgan fingerprint density at radius 1 is 1.32 bits per heavy atom. The van der Waals surface area contributed by atoms with Crippen LogP contribution < -0.4 is 5.32 Å². The van der Waals surface area contributed by atoms with Gasteiger partial charge < -0.3 is 10.4 Å². The quantitative estimate of drug-likeness (QED) is 0.300. The third kappa shape index (κ3) is 4.07. The number of fused-ring (bicyclic) bond motifs is 3. The summed E-state index contributed by atoms with van der Waals surface area (Å²) < 4.78 is 0. The predicted octanol–water partition coefficient (Wildman–Crippen LogP) is 5.53. The molecular formula is C27H33N3O. The molecule has 5 unspecified atom stereocenters. The molecular weight excluding hydrogens is 382 g/mol. The van der Waals surface area contributed by atoms with Crippen LogP contribution in [0.3, 0.4) is 0 Å². The van der Waals surface area contributed by atoms with Crippen molar-refractivity contribution >= 4 is 11.4 Å². The summed E-state index contributed by atoms with van der Waals surface area (Å²) in [7, 11) is 0. The second kappa shape index (κ2) is 9.34. The second-order valence-corrected chi connectivity index (χ2v) is 8.30. The van der Waals surface area contributed by atoms with E-state index in [2.05, 4.69) is 55.9 Å². The molecule has 0 aromatic heterocycles. The highest BCUT2D eigenvalue weighted by molar-refractivity contribution is 6.10. The third-order valence-electron chi connectivity index (χ3n) is 6.43. The molecule has 162 valence electrons. The van der Waals surface area contributed by atoms with Gasteiger partial charge in [-0.3, -0.25) is 9.98 Å². The summed E-state index contributed by atoms with van der Waals surface area (Å²) in [6.07, 6.45) is 10.6. The summed E-state index contributed by atoms with van der Waals surface area (Å²) in [5.41, 5.74) is 3.82. The van der Waals surface area contributed by atoms with Crippen LogP contribution in [-0.4, -0.2) is 34.7 Å². The summed E-state index contributed by atoms with van der Waals surface area (Å²) in [5.74, 6) is 0.344. The number of aliphatic imine (C=N–C) groups is 2. The topological polar surface area (TPSA) is 57.0 Å². The molecule has 0 amide bonds. The van der Waals surface area contributed by atoms with Gasteiger partial charge >= 0.3 is 0 Å². The van der Waals surface area contributed by atoms with E-state index in [1.165, 1.54) is 5.56 Å². The number of aliphatic hydroxyl groups excluding tert-OH is 1. The fourth-order valence-corrected chi connectivity index (χ4v) is 5.21. The van der Waals surface area contributed by atoms with Crippen LogP contribution in [-0.2, 0) is 0 Å². The lowest BCUT2D eigenvalue weighted by molar-refractivity contribution is 0.0726. The molecule has 1 aromatic rings. The van der Waals surface area contributed by atoms with Gasteiger partial charge in [0.05, 0.1) is 17.3 Å². The van der Waals surface area contributed by atoms with Gasteiger partial charge in [0.1, 0.15) is 0 Å². The van der Waals surface area contributed by atoms with Gasteiger partial charge in [-0.15, -0.1) is 6.58 Å². The van der Waals surface area contributed by atoms with E-state index in [0.717, 1.165) is 23.4 Å². The summed E-state index contributed by atoms with van der Waals surface area (Å²) in [6.45, 7) is 20.2. The maximum Gasteiger partial charge on any atom is 0.176 e. The average Bonchev–Trinajstić information content (AvgIpc) is 2.75. The van der Waals surface area contributed by atoms with Crippen LogP contribution in [0.1, 0.15) is 37.3 Å². The fraction of sp³-hybridized carbons (Fsp3) is 0.333. The Hall–Kier alpha value is -3.14. The number of nitrogens with one attached hydrogen (secondary N) is 1. The Morgan fingerprint density at radius 2 is 2.06 bits per heavy atom. The lowest BCUT2D eigenvalue weighted by Gasteiger charge is -2.60. The minimum Gasteiger partial charge on any atom is -0.495 e. The fourth-order valence-electron chi connectivity index (χ4n) is 5.21. The van der Waals surface area contributed by atoms with Gasteiger partial charge in [-0.25, -0.2) is 0 Å². The molecule has 0 bridgehead atoms. The Kier molecular flexibility index (Phi) is 6.79. The number of nitrogens with zero attached hydrogens (tertiary/aromatic N) is 2. The first kappa shape index (κ1) is 22.5.